The second-order valence-electron chi connectivity index (χ2n) is 4.22. The van der Waals surface area contributed by atoms with Crippen LogP contribution in [0.5, 0.6) is 5.88 Å². The fraction of sp³-hybridized carbons (Fsp3) is 0.357. The molecule has 2 rings (SSSR count). The normalized spacial score (nSPS) is 12.1. The predicted octanol–water partition coefficient (Wildman–Crippen LogP) is 3.12. The van der Waals surface area contributed by atoms with Crippen LogP contribution in [0.1, 0.15) is 19.1 Å². The molecule has 0 saturated heterocycles. The standard InChI is InChI=1S/C14H18N2O2/c1-11(7-8-12-5-4-10-18-12)16-13-6-3-9-15-14(13)17-2/h3-6,9-11,16H,7-8H2,1-2H3. The molecule has 0 aliphatic heterocycles. The molecule has 1 N–H and O–H groups in total. The Hall–Kier alpha value is -1.97. The molecule has 2 aromatic heterocycles. The average Bonchev–Trinajstić information content (AvgIpc) is 2.90. The van der Waals surface area contributed by atoms with Crippen LogP contribution >= 0.6 is 0 Å². The third-order valence-corrected chi connectivity index (χ3v) is 2.77. The average molecular weight is 246 g/mol. The van der Waals surface area contributed by atoms with E-state index in [0.29, 0.717) is 11.9 Å². The number of ether oxygens (including phenoxy) is 1. The van der Waals surface area contributed by atoms with Crippen molar-refractivity contribution >= 4 is 5.69 Å². The van der Waals surface area contributed by atoms with Gasteiger partial charge in [0, 0.05) is 18.7 Å². The summed E-state index contributed by atoms with van der Waals surface area (Å²) in [5.74, 6) is 1.64. The van der Waals surface area contributed by atoms with Gasteiger partial charge in [-0.3, -0.25) is 0 Å². The van der Waals surface area contributed by atoms with Gasteiger partial charge in [0.2, 0.25) is 5.88 Å². The summed E-state index contributed by atoms with van der Waals surface area (Å²) < 4.78 is 10.5. The number of anilines is 1. The van der Waals surface area contributed by atoms with Crippen molar-refractivity contribution in [3.8, 4) is 5.88 Å². The Morgan fingerprint density at radius 1 is 1.39 bits per heavy atom. The Labute approximate surface area is 107 Å². The summed E-state index contributed by atoms with van der Waals surface area (Å²) >= 11 is 0. The lowest BCUT2D eigenvalue weighted by molar-refractivity contribution is 0.399. The molecule has 0 amide bonds. The van der Waals surface area contributed by atoms with Crippen molar-refractivity contribution in [3.63, 3.8) is 0 Å². The number of rotatable bonds is 6. The second kappa shape index (κ2) is 6.10. The van der Waals surface area contributed by atoms with Gasteiger partial charge in [-0.1, -0.05) is 0 Å². The first-order chi connectivity index (χ1) is 8.79. The number of pyridine rings is 1. The summed E-state index contributed by atoms with van der Waals surface area (Å²) in [6.45, 7) is 2.13. The highest BCUT2D eigenvalue weighted by Crippen LogP contribution is 2.21. The molecule has 0 fully saturated rings. The van der Waals surface area contributed by atoms with Gasteiger partial charge in [0.05, 0.1) is 19.1 Å². The zero-order valence-corrected chi connectivity index (χ0v) is 10.7. The van der Waals surface area contributed by atoms with Gasteiger partial charge in [-0.2, -0.15) is 0 Å². The van der Waals surface area contributed by atoms with Gasteiger partial charge in [-0.15, -0.1) is 0 Å². The van der Waals surface area contributed by atoms with Gasteiger partial charge < -0.3 is 14.5 Å². The van der Waals surface area contributed by atoms with Crippen LogP contribution in [0.2, 0.25) is 0 Å². The van der Waals surface area contributed by atoms with Gasteiger partial charge in [0.1, 0.15) is 5.76 Å². The molecule has 0 radical (unpaired) electrons. The predicted molar refractivity (Wildman–Crippen MR) is 70.9 cm³/mol. The van der Waals surface area contributed by atoms with Crippen LogP contribution in [0.15, 0.2) is 41.1 Å². The number of methoxy groups -OCH3 is 1. The molecule has 18 heavy (non-hydrogen) atoms. The fourth-order valence-corrected chi connectivity index (χ4v) is 1.81. The van der Waals surface area contributed by atoms with Crippen molar-refractivity contribution in [2.45, 2.75) is 25.8 Å². The van der Waals surface area contributed by atoms with Gasteiger partial charge in [0.15, 0.2) is 0 Å². The van der Waals surface area contributed by atoms with Crippen LogP contribution in [0.3, 0.4) is 0 Å². The first-order valence-corrected chi connectivity index (χ1v) is 6.07. The van der Waals surface area contributed by atoms with Gasteiger partial charge >= 0.3 is 0 Å². The van der Waals surface area contributed by atoms with Gasteiger partial charge in [-0.25, -0.2) is 4.98 Å². The van der Waals surface area contributed by atoms with E-state index in [9.17, 15) is 0 Å². The van der Waals surface area contributed by atoms with E-state index in [4.69, 9.17) is 9.15 Å². The lowest BCUT2D eigenvalue weighted by atomic mass is 10.1. The largest absolute Gasteiger partial charge is 0.480 e. The number of aryl methyl sites for hydroxylation is 1. The van der Waals surface area contributed by atoms with Gasteiger partial charge in [0.25, 0.3) is 0 Å². The highest BCUT2D eigenvalue weighted by atomic mass is 16.5. The summed E-state index contributed by atoms with van der Waals surface area (Å²) in [5.41, 5.74) is 0.923. The molecule has 1 unspecified atom stereocenters. The quantitative estimate of drug-likeness (QED) is 0.850. The lowest BCUT2D eigenvalue weighted by Crippen LogP contribution is -2.16. The van der Waals surface area contributed by atoms with Crippen molar-refractivity contribution in [2.24, 2.45) is 0 Å². The minimum atomic E-state index is 0.327. The Kier molecular flexibility index (Phi) is 4.23. The van der Waals surface area contributed by atoms with Crippen LogP contribution in [0, 0.1) is 0 Å². The van der Waals surface area contributed by atoms with E-state index in [1.807, 2.05) is 24.3 Å². The van der Waals surface area contributed by atoms with E-state index < -0.39 is 0 Å². The van der Waals surface area contributed by atoms with Crippen LogP contribution in [-0.2, 0) is 6.42 Å². The molecule has 2 aromatic rings. The molecule has 0 aliphatic rings. The summed E-state index contributed by atoms with van der Waals surface area (Å²) in [6, 6.07) is 8.10. The number of nitrogens with one attached hydrogen (secondary N) is 1. The molecular weight excluding hydrogens is 228 g/mol. The molecule has 0 spiro atoms. The van der Waals surface area contributed by atoms with E-state index in [2.05, 4.69) is 17.2 Å². The van der Waals surface area contributed by atoms with Crippen molar-refractivity contribution < 1.29 is 9.15 Å². The number of furan rings is 1. The second-order valence-corrected chi connectivity index (χ2v) is 4.22. The molecule has 1 atom stereocenters. The lowest BCUT2D eigenvalue weighted by Gasteiger charge is -2.16. The van der Waals surface area contributed by atoms with E-state index >= 15 is 0 Å². The Bertz CT molecular complexity index is 468. The van der Waals surface area contributed by atoms with Crippen molar-refractivity contribution in [2.75, 3.05) is 12.4 Å². The van der Waals surface area contributed by atoms with E-state index in [-0.39, 0.29) is 0 Å². The topological polar surface area (TPSA) is 47.3 Å². The summed E-state index contributed by atoms with van der Waals surface area (Å²) in [4.78, 5) is 4.16. The van der Waals surface area contributed by atoms with Crippen LogP contribution < -0.4 is 10.1 Å². The van der Waals surface area contributed by atoms with E-state index in [1.165, 1.54) is 0 Å². The molecule has 96 valence electrons. The highest BCUT2D eigenvalue weighted by Gasteiger charge is 2.08. The molecule has 0 aliphatic carbocycles. The summed E-state index contributed by atoms with van der Waals surface area (Å²) in [6.07, 6.45) is 5.34. The number of nitrogens with zero attached hydrogens (tertiary/aromatic N) is 1. The number of aromatic nitrogens is 1. The molecule has 2 heterocycles. The van der Waals surface area contributed by atoms with Crippen LogP contribution in [0.4, 0.5) is 5.69 Å². The van der Waals surface area contributed by atoms with Crippen molar-refractivity contribution in [1.29, 1.82) is 0 Å². The highest BCUT2D eigenvalue weighted by molar-refractivity contribution is 5.52. The van der Waals surface area contributed by atoms with Crippen LogP contribution in [-0.4, -0.2) is 18.1 Å². The molecule has 4 heteroatoms. The first-order valence-electron chi connectivity index (χ1n) is 6.07. The smallest absolute Gasteiger partial charge is 0.237 e. The summed E-state index contributed by atoms with van der Waals surface area (Å²) in [5, 5.41) is 3.39. The molecule has 0 saturated carbocycles. The van der Waals surface area contributed by atoms with Crippen molar-refractivity contribution in [1.82, 2.24) is 4.98 Å². The minimum absolute atomic E-state index is 0.327. The fourth-order valence-electron chi connectivity index (χ4n) is 1.81. The summed E-state index contributed by atoms with van der Waals surface area (Å²) in [7, 11) is 1.63. The van der Waals surface area contributed by atoms with Gasteiger partial charge in [-0.05, 0) is 37.6 Å². The Morgan fingerprint density at radius 2 is 2.28 bits per heavy atom. The van der Waals surface area contributed by atoms with E-state index in [0.717, 1.165) is 24.3 Å². The number of hydrogen-bond donors (Lipinski definition) is 1. The third-order valence-electron chi connectivity index (χ3n) is 2.77. The zero-order chi connectivity index (χ0) is 12.8. The van der Waals surface area contributed by atoms with Crippen molar-refractivity contribution in [3.05, 3.63) is 42.5 Å². The SMILES string of the molecule is COc1ncccc1NC(C)CCc1ccco1. The Morgan fingerprint density at radius 3 is 3.00 bits per heavy atom. The minimum Gasteiger partial charge on any atom is -0.480 e. The maximum Gasteiger partial charge on any atom is 0.237 e. The monoisotopic (exact) mass is 246 g/mol. The molecule has 0 aromatic carbocycles. The maximum absolute atomic E-state index is 5.31. The zero-order valence-electron chi connectivity index (χ0n) is 10.7. The molecule has 4 nitrogen and oxygen atoms in total. The molecular formula is C14H18N2O2. The van der Waals surface area contributed by atoms with E-state index in [1.54, 1.807) is 19.6 Å². The first kappa shape index (κ1) is 12.5. The Balaban J connectivity index is 1.88. The van der Waals surface area contributed by atoms with Crippen LogP contribution in [0.25, 0.3) is 0 Å². The number of hydrogen-bond acceptors (Lipinski definition) is 4. The third kappa shape index (κ3) is 3.26. The maximum atomic E-state index is 5.31. The molecule has 0 bridgehead atoms.